The van der Waals surface area contributed by atoms with Crippen molar-refractivity contribution in [3.05, 3.63) is 0 Å². The fourth-order valence-corrected chi connectivity index (χ4v) is 5.95. The van der Waals surface area contributed by atoms with E-state index < -0.39 is 35.7 Å². The summed E-state index contributed by atoms with van der Waals surface area (Å²) in [6.45, 7) is 1.94. The molecule has 2 aliphatic heterocycles. The number of amides is 1. The van der Waals surface area contributed by atoms with Crippen molar-refractivity contribution < 1.29 is 22.7 Å². The van der Waals surface area contributed by atoms with E-state index >= 15 is 0 Å². The van der Waals surface area contributed by atoms with E-state index in [1.807, 2.05) is 0 Å². The highest BCUT2D eigenvalue weighted by Gasteiger charge is 2.56. The zero-order chi connectivity index (χ0) is 23.1. The molecule has 6 unspecified atom stereocenters. The number of halogens is 3. The highest BCUT2D eigenvalue weighted by Crippen LogP contribution is 2.53. The molecule has 0 spiro atoms. The van der Waals surface area contributed by atoms with Crippen molar-refractivity contribution in [2.75, 3.05) is 26.7 Å². The molecule has 2 aliphatic carbocycles. The van der Waals surface area contributed by atoms with Gasteiger partial charge in [0.25, 0.3) is 0 Å². The zero-order valence-corrected chi connectivity index (χ0v) is 18.7. The smallest absolute Gasteiger partial charge is 0.378 e. The molecule has 4 rings (SSSR count). The van der Waals surface area contributed by atoms with Crippen LogP contribution in [0, 0.1) is 17.8 Å². The second kappa shape index (κ2) is 9.34. The largest absolute Gasteiger partial charge is 0.391 e. The molecule has 7 N–H and O–H groups in total. The van der Waals surface area contributed by atoms with Gasteiger partial charge in [0.2, 0.25) is 5.91 Å². The fourth-order valence-electron chi connectivity index (χ4n) is 5.95. The molecule has 1 amide bonds. The molecular weight excluding hydrogens is 425 g/mol. The minimum atomic E-state index is -4.25. The number of hydrogen-bond donors (Lipinski definition) is 5. The minimum absolute atomic E-state index is 0.00383. The number of nitrogens with two attached hydrogens (primary N) is 2. The van der Waals surface area contributed by atoms with E-state index in [1.165, 1.54) is 0 Å². The number of rotatable bonds is 6. The van der Waals surface area contributed by atoms with Crippen LogP contribution in [0.1, 0.15) is 44.9 Å². The third kappa shape index (κ3) is 5.23. The molecule has 4 aliphatic rings. The highest BCUT2D eigenvalue weighted by atomic mass is 19.4. The molecule has 0 bridgehead atoms. The van der Waals surface area contributed by atoms with Gasteiger partial charge in [0, 0.05) is 38.8 Å². The van der Waals surface area contributed by atoms with Gasteiger partial charge in [-0.1, -0.05) is 0 Å². The van der Waals surface area contributed by atoms with Gasteiger partial charge in [-0.25, -0.2) is 0 Å². The van der Waals surface area contributed by atoms with Crippen LogP contribution in [0.3, 0.4) is 0 Å². The first kappa shape index (κ1) is 24.2. The lowest BCUT2D eigenvalue weighted by molar-refractivity contribution is -0.193. The average Bonchev–Trinajstić information content (AvgIpc) is 3.54. The van der Waals surface area contributed by atoms with Gasteiger partial charge in [-0.15, -0.1) is 0 Å². The summed E-state index contributed by atoms with van der Waals surface area (Å²) in [4.78, 5) is 14.3. The maximum Gasteiger partial charge on any atom is 0.391 e. The van der Waals surface area contributed by atoms with E-state index in [4.69, 9.17) is 16.2 Å². The van der Waals surface area contributed by atoms with Crippen molar-refractivity contribution in [3.63, 3.8) is 0 Å². The number of hydrogen-bond acceptors (Lipinski definition) is 7. The molecule has 0 radical (unpaired) electrons. The van der Waals surface area contributed by atoms with Crippen molar-refractivity contribution in [2.24, 2.45) is 29.2 Å². The molecule has 0 aromatic carbocycles. The summed E-state index contributed by atoms with van der Waals surface area (Å²) >= 11 is 0. The number of ether oxygens (including phenoxy) is 1. The van der Waals surface area contributed by atoms with Gasteiger partial charge < -0.3 is 16.2 Å². The molecule has 0 aromatic rings. The van der Waals surface area contributed by atoms with Crippen molar-refractivity contribution in [2.45, 2.75) is 81.3 Å². The predicted molar refractivity (Wildman–Crippen MR) is 113 cm³/mol. The van der Waals surface area contributed by atoms with Crippen LogP contribution in [-0.4, -0.2) is 73.9 Å². The van der Waals surface area contributed by atoms with E-state index in [0.717, 1.165) is 38.8 Å². The minimum Gasteiger partial charge on any atom is -0.378 e. The van der Waals surface area contributed by atoms with Crippen molar-refractivity contribution in [1.29, 1.82) is 0 Å². The Morgan fingerprint density at radius 2 is 2.00 bits per heavy atom. The fraction of sp³-hybridized carbons (Fsp3) is 0.952. The van der Waals surface area contributed by atoms with E-state index in [9.17, 15) is 18.0 Å². The number of carbonyl (C=O) groups is 1. The number of nitrogens with one attached hydrogen (secondary N) is 3. The van der Waals surface area contributed by atoms with E-state index in [1.54, 1.807) is 7.11 Å². The maximum absolute atomic E-state index is 13.7. The first-order chi connectivity index (χ1) is 15.1. The summed E-state index contributed by atoms with van der Waals surface area (Å²) < 4.78 is 46.9. The lowest BCUT2D eigenvalue weighted by Gasteiger charge is -2.47. The molecule has 4 fully saturated rings. The number of methoxy groups -OCH3 is 1. The standard InChI is InChI=1S/C21H37F3N6O2/c1-32-20(4-5-20)12-7-13(21(22,23)24)9-15(8-12)28-18-16(17(26)31)10-27-19(29-18)30-6-2-3-14(25)11-30/h12-16,18-19,27-29H,2-11,25H2,1H3,(H2,26,31)/t12?,13?,14-,15?,16?,18?,19?/m0/s1. The molecule has 8 nitrogen and oxygen atoms in total. The number of nitrogens with zero attached hydrogens (tertiary/aromatic N) is 1. The Morgan fingerprint density at radius 3 is 2.59 bits per heavy atom. The average molecular weight is 463 g/mol. The second-order valence-corrected chi connectivity index (χ2v) is 10.1. The summed E-state index contributed by atoms with van der Waals surface area (Å²) in [5, 5.41) is 10.1. The number of primary amides is 1. The molecule has 184 valence electrons. The Morgan fingerprint density at radius 1 is 1.25 bits per heavy atom. The number of carbonyl (C=O) groups excluding carboxylic acids is 1. The first-order valence-electron chi connectivity index (χ1n) is 11.8. The summed E-state index contributed by atoms with van der Waals surface area (Å²) in [7, 11) is 1.60. The van der Waals surface area contributed by atoms with Crippen molar-refractivity contribution >= 4 is 5.91 Å². The quantitative estimate of drug-likeness (QED) is 0.389. The third-order valence-electron chi connectivity index (χ3n) is 7.97. The Labute approximate surface area is 187 Å². The number of likely N-dealkylation sites (tertiary alicyclic amines) is 1. The topological polar surface area (TPSA) is 118 Å². The molecule has 2 saturated heterocycles. The molecule has 0 aromatic heterocycles. The zero-order valence-electron chi connectivity index (χ0n) is 18.7. The van der Waals surface area contributed by atoms with Gasteiger partial charge in [0.15, 0.2) is 0 Å². The summed E-state index contributed by atoms with van der Waals surface area (Å²) in [6.07, 6.45) is -0.716. The van der Waals surface area contributed by atoms with E-state index in [2.05, 4.69) is 20.9 Å². The Hall–Kier alpha value is -0.980. The Kier molecular flexibility index (Phi) is 7.05. The maximum atomic E-state index is 13.7. The normalized spacial score (nSPS) is 40.7. The van der Waals surface area contributed by atoms with Gasteiger partial charge in [0.1, 0.15) is 6.29 Å². The lowest BCUT2D eigenvalue weighted by atomic mass is 9.74. The van der Waals surface area contributed by atoms with Gasteiger partial charge in [-0.3, -0.25) is 25.6 Å². The summed E-state index contributed by atoms with van der Waals surface area (Å²) in [5.41, 5.74) is 11.3. The Bertz CT molecular complexity index is 676. The van der Waals surface area contributed by atoms with E-state index in [-0.39, 0.29) is 37.1 Å². The molecule has 32 heavy (non-hydrogen) atoms. The lowest BCUT2D eigenvalue weighted by Crippen LogP contribution is -2.72. The van der Waals surface area contributed by atoms with Crippen molar-refractivity contribution in [3.8, 4) is 0 Å². The predicted octanol–water partition coefficient (Wildman–Crippen LogP) is 0.429. The van der Waals surface area contributed by atoms with Crippen LogP contribution in [-0.2, 0) is 9.53 Å². The van der Waals surface area contributed by atoms with Crippen LogP contribution in [0.2, 0.25) is 0 Å². The third-order valence-corrected chi connectivity index (χ3v) is 7.97. The first-order valence-corrected chi connectivity index (χ1v) is 11.8. The SMILES string of the molecule is COC1(C2CC(NC3NC(N4CCC[C@H](N)C4)NCC3C(N)=O)CC(C(F)(F)F)C2)CC1. The van der Waals surface area contributed by atoms with Gasteiger partial charge in [0.05, 0.1) is 23.6 Å². The number of alkyl halides is 3. The molecule has 11 heteroatoms. The monoisotopic (exact) mass is 462 g/mol. The van der Waals surface area contributed by atoms with Crippen LogP contribution in [0.4, 0.5) is 13.2 Å². The van der Waals surface area contributed by atoms with Crippen LogP contribution < -0.4 is 27.4 Å². The summed E-state index contributed by atoms with van der Waals surface area (Å²) in [6, 6.07) is -0.294. The number of piperidine rings is 1. The Balaban J connectivity index is 1.47. The van der Waals surface area contributed by atoms with Crippen LogP contribution in [0.5, 0.6) is 0 Å². The van der Waals surface area contributed by atoms with Crippen molar-refractivity contribution in [1.82, 2.24) is 20.9 Å². The molecule has 2 saturated carbocycles. The van der Waals surface area contributed by atoms with Crippen LogP contribution in [0.15, 0.2) is 0 Å². The highest BCUT2D eigenvalue weighted by molar-refractivity contribution is 5.77. The second-order valence-electron chi connectivity index (χ2n) is 10.1. The summed E-state index contributed by atoms with van der Waals surface area (Å²) in [5.74, 6) is -2.58. The van der Waals surface area contributed by atoms with Crippen LogP contribution >= 0.6 is 0 Å². The van der Waals surface area contributed by atoms with E-state index in [0.29, 0.717) is 13.0 Å². The molecule has 7 atom stereocenters. The van der Waals surface area contributed by atoms with Crippen LogP contribution in [0.25, 0.3) is 0 Å². The molecular formula is C21H37F3N6O2. The van der Waals surface area contributed by atoms with Gasteiger partial charge in [-0.2, -0.15) is 13.2 Å². The molecule has 2 heterocycles. The van der Waals surface area contributed by atoms with Gasteiger partial charge in [-0.05, 0) is 50.9 Å². The van der Waals surface area contributed by atoms with Gasteiger partial charge >= 0.3 is 6.18 Å².